The molecule has 0 N–H and O–H groups in total. The number of nitrogens with zero attached hydrogens (tertiary/aromatic N) is 1. The van der Waals surface area contributed by atoms with Crippen molar-refractivity contribution in [3.05, 3.63) is 35.9 Å². The van der Waals surface area contributed by atoms with Gasteiger partial charge < -0.3 is 14.4 Å². The fraction of sp³-hybridized carbons (Fsp3) is 0.720. The van der Waals surface area contributed by atoms with Crippen molar-refractivity contribution in [1.29, 1.82) is 0 Å². The van der Waals surface area contributed by atoms with Gasteiger partial charge in [0.1, 0.15) is 0 Å². The Kier molecular flexibility index (Phi) is 6.60. The summed E-state index contributed by atoms with van der Waals surface area (Å²) in [5, 5.41) is 0. The van der Waals surface area contributed by atoms with E-state index in [-0.39, 0.29) is 5.97 Å². The van der Waals surface area contributed by atoms with Crippen LogP contribution in [-0.4, -0.2) is 44.2 Å². The maximum absolute atomic E-state index is 11.5. The van der Waals surface area contributed by atoms with E-state index in [9.17, 15) is 4.79 Å². The summed E-state index contributed by atoms with van der Waals surface area (Å²) in [4.78, 5) is 14.2. The van der Waals surface area contributed by atoms with Gasteiger partial charge in [-0.1, -0.05) is 30.3 Å². The van der Waals surface area contributed by atoms with Gasteiger partial charge in [0.25, 0.3) is 0 Å². The second kappa shape index (κ2) is 9.18. The van der Waals surface area contributed by atoms with Gasteiger partial charge in [0.2, 0.25) is 0 Å². The lowest BCUT2D eigenvalue weighted by molar-refractivity contribution is -0.142. The second-order valence-corrected chi connectivity index (χ2v) is 9.98. The number of methoxy groups -OCH3 is 1. The van der Waals surface area contributed by atoms with Gasteiger partial charge in [0.05, 0.1) is 20.3 Å². The van der Waals surface area contributed by atoms with Crippen LogP contribution in [0.3, 0.4) is 0 Å². The van der Waals surface area contributed by atoms with E-state index in [0.717, 1.165) is 13.2 Å². The second-order valence-electron chi connectivity index (χ2n) is 9.98. The molecule has 1 saturated heterocycles. The first-order chi connectivity index (χ1) is 14.1. The molecule has 2 aliphatic carbocycles. The lowest BCUT2D eigenvalue weighted by Gasteiger charge is -2.46. The molecule has 4 rings (SSSR count). The van der Waals surface area contributed by atoms with Crippen LogP contribution in [0.15, 0.2) is 30.3 Å². The summed E-state index contributed by atoms with van der Waals surface area (Å²) < 4.78 is 10.9. The van der Waals surface area contributed by atoms with Gasteiger partial charge in [-0.25, -0.2) is 0 Å². The highest BCUT2D eigenvalue weighted by Gasteiger charge is 2.46. The van der Waals surface area contributed by atoms with Gasteiger partial charge in [-0.05, 0) is 81.4 Å². The fourth-order valence-corrected chi connectivity index (χ4v) is 5.46. The average molecular weight is 400 g/mol. The van der Waals surface area contributed by atoms with Crippen molar-refractivity contribution in [3.8, 4) is 0 Å². The molecule has 1 spiro atoms. The molecule has 4 heteroatoms. The molecule has 0 atom stereocenters. The van der Waals surface area contributed by atoms with Gasteiger partial charge in [0.15, 0.2) is 0 Å². The van der Waals surface area contributed by atoms with Crippen LogP contribution >= 0.6 is 0 Å². The van der Waals surface area contributed by atoms with Crippen LogP contribution in [0, 0.1) is 16.7 Å². The molecule has 4 nitrogen and oxygen atoms in total. The third-order valence-corrected chi connectivity index (χ3v) is 7.80. The van der Waals surface area contributed by atoms with Crippen LogP contribution in [0.4, 0.5) is 0 Å². The third-order valence-electron chi connectivity index (χ3n) is 7.80. The number of esters is 1. The van der Waals surface area contributed by atoms with Crippen molar-refractivity contribution in [3.63, 3.8) is 0 Å². The summed E-state index contributed by atoms with van der Waals surface area (Å²) in [6.07, 6.45) is 10.9. The van der Waals surface area contributed by atoms with Crippen LogP contribution in [0.25, 0.3) is 0 Å². The van der Waals surface area contributed by atoms with E-state index in [2.05, 4.69) is 35.2 Å². The van der Waals surface area contributed by atoms with Crippen molar-refractivity contribution in [2.75, 3.05) is 33.4 Å². The normalized spacial score (nSPS) is 23.8. The minimum atomic E-state index is -0.0371. The number of carbonyl (C=O) groups is 1. The molecule has 1 aromatic carbocycles. The molecule has 3 fully saturated rings. The molecule has 29 heavy (non-hydrogen) atoms. The van der Waals surface area contributed by atoms with E-state index in [0.29, 0.717) is 23.2 Å². The number of likely N-dealkylation sites (tertiary alicyclic amines) is 1. The molecule has 0 bridgehead atoms. The van der Waals surface area contributed by atoms with Crippen LogP contribution in [0.5, 0.6) is 0 Å². The highest BCUT2D eigenvalue weighted by atomic mass is 16.5. The Bertz CT molecular complexity index is 652. The zero-order chi connectivity index (χ0) is 20.2. The minimum Gasteiger partial charge on any atom is -0.469 e. The molecular formula is C25H37NO3. The first-order valence-corrected chi connectivity index (χ1v) is 11.5. The molecular weight excluding hydrogens is 362 g/mol. The van der Waals surface area contributed by atoms with Crippen molar-refractivity contribution in [1.82, 2.24) is 4.90 Å². The van der Waals surface area contributed by atoms with Gasteiger partial charge in [-0.15, -0.1) is 0 Å². The van der Waals surface area contributed by atoms with Gasteiger partial charge >= 0.3 is 5.97 Å². The van der Waals surface area contributed by atoms with E-state index in [1.165, 1.54) is 83.7 Å². The first-order valence-electron chi connectivity index (χ1n) is 11.5. The van der Waals surface area contributed by atoms with E-state index in [4.69, 9.17) is 9.47 Å². The molecule has 2 saturated carbocycles. The van der Waals surface area contributed by atoms with Crippen molar-refractivity contribution in [2.45, 2.75) is 64.4 Å². The first kappa shape index (κ1) is 20.9. The number of hydrogen-bond donors (Lipinski definition) is 0. The Morgan fingerprint density at radius 2 is 1.72 bits per heavy atom. The molecule has 0 amide bonds. The zero-order valence-electron chi connectivity index (χ0n) is 18.0. The van der Waals surface area contributed by atoms with Crippen LogP contribution < -0.4 is 0 Å². The van der Waals surface area contributed by atoms with Crippen LogP contribution in [-0.2, 0) is 20.9 Å². The molecule has 1 aliphatic heterocycles. The third kappa shape index (κ3) is 5.61. The standard InChI is InChI=1S/C25H37NO3/c1-28-23(27)17-21-7-9-24(10-8-21)13-15-26(16-14-24)19-25(11-12-25)20-29-18-22-5-3-2-4-6-22/h2-6,21H,7-20H2,1H3. The number of rotatable bonds is 8. The van der Waals surface area contributed by atoms with E-state index in [1.807, 2.05) is 0 Å². The Labute approximate surface area is 175 Å². The Hall–Kier alpha value is -1.39. The van der Waals surface area contributed by atoms with E-state index in [1.54, 1.807) is 0 Å². The van der Waals surface area contributed by atoms with Crippen LogP contribution in [0.1, 0.15) is 63.4 Å². The summed E-state index contributed by atoms with van der Waals surface area (Å²) in [5.41, 5.74) is 2.23. The largest absolute Gasteiger partial charge is 0.469 e. The summed E-state index contributed by atoms with van der Waals surface area (Å²) in [7, 11) is 1.50. The number of benzene rings is 1. The zero-order valence-corrected chi connectivity index (χ0v) is 18.0. The summed E-state index contributed by atoms with van der Waals surface area (Å²) >= 11 is 0. The maximum atomic E-state index is 11.5. The summed E-state index contributed by atoms with van der Waals surface area (Å²) in [5.74, 6) is 0.507. The molecule has 0 aromatic heterocycles. The smallest absolute Gasteiger partial charge is 0.305 e. The lowest BCUT2D eigenvalue weighted by Crippen LogP contribution is -2.44. The number of hydrogen-bond acceptors (Lipinski definition) is 4. The van der Waals surface area contributed by atoms with E-state index < -0.39 is 0 Å². The van der Waals surface area contributed by atoms with Crippen molar-refractivity contribution in [2.24, 2.45) is 16.7 Å². The van der Waals surface area contributed by atoms with Crippen molar-refractivity contribution >= 4 is 5.97 Å². The van der Waals surface area contributed by atoms with Gasteiger partial charge in [-0.2, -0.15) is 0 Å². The molecule has 3 aliphatic rings. The molecule has 160 valence electrons. The summed E-state index contributed by atoms with van der Waals surface area (Å²) in [6.45, 7) is 5.32. The highest BCUT2D eigenvalue weighted by Crippen LogP contribution is 2.50. The quantitative estimate of drug-likeness (QED) is 0.588. The average Bonchev–Trinajstić information content (AvgIpc) is 3.52. The molecule has 1 heterocycles. The number of piperidine rings is 1. The van der Waals surface area contributed by atoms with E-state index >= 15 is 0 Å². The molecule has 0 unspecified atom stereocenters. The van der Waals surface area contributed by atoms with Gasteiger partial charge in [0, 0.05) is 18.4 Å². The summed E-state index contributed by atoms with van der Waals surface area (Å²) in [6, 6.07) is 10.5. The Balaban J connectivity index is 1.17. The Morgan fingerprint density at radius 1 is 1.03 bits per heavy atom. The van der Waals surface area contributed by atoms with Crippen molar-refractivity contribution < 1.29 is 14.3 Å². The Morgan fingerprint density at radius 3 is 2.34 bits per heavy atom. The monoisotopic (exact) mass is 399 g/mol. The molecule has 0 radical (unpaired) electrons. The SMILES string of the molecule is COC(=O)CC1CCC2(CC1)CCN(CC1(COCc3ccccc3)CC1)CC2. The van der Waals surface area contributed by atoms with Gasteiger partial charge in [-0.3, -0.25) is 4.79 Å². The minimum absolute atomic E-state index is 0.0371. The maximum Gasteiger partial charge on any atom is 0.305 e. The number of ether oxygens (including phenoxy) is 2. The highest BCUT2D eigenvalue weighted by molar-refractivity contribution is 5.69. The topological polar surface area (TPSA) is 38.8 Å². The fourth-order valence-electron chi connectivity index (χ4n) is 5.46. The predicted molar refractivity (Wildman–Crippen MR) is 114 cm³/mol. The molecule has 1 aromatic rings. The predicted octanol–water partition coefficient (Wildman–Crippen LogP) is 4.82. The number of carbonyl (C=O) groups excluding carboxylic acids is 1. The van der Waals surface area contributed by atoms with Crippen LogP contribution in [0.2, 0.25) is 0 Å². The lowest BCUT2D eigenvalue weighted by atomic mass is 9.65.